The molecule has 130 valence electrons. The molecule has 2 aliphatic rings. The van der Waals surface area contributed by atoms with Crippen LogP contribution in [0.2, 0.25) is 0 Å². The number of aromatic nitrogens is 1. The van der Waals surface area contributed by atoms with Gasteiger partial charge in [-0.05, 0) is 69.8 Å². The monoisotopic (exact) mass is 338 g/mol. The van der Waals surface area contributed by atoms with Gasteiger partial charge in [0.1, 0.15) is 5.82 Å². The normalized spacial score (nSPS) is 20.7. The molecule has 3 heterocycles. The van der Waals surface area contributed by atoms with Crippen molar-refractivity contribution in [3.8, 4) is 0 Å². The molecule has 5 heteroatoms. The van der Waals surface area contributed by atoms with Crippen molar-refractivity contribution in [3.63, 3.8) is 0 Å². The molecular weight excluding hydrogens is 308 g/mol. The van der Waals surface area contributed by atoms with Gasteiger partial charge < -0.3 is 10.2 Å². The van der Waals surface area contributed by atoms with E-state index in [0.717, 1.165) is 12.4 Å². The lowest BCUT2D eigenvalue weighted by atomic mass is 9.78. The Morgan fingerprint density at radius 3 is 2.61 bits per heavy atom. The van der Waals surface area contributed by atoms with E-state index in [1.165, 1.54) is 51.0 Å². The molecule has 0 aromatic carbocycles. The van der Waals surface area contributed by atoms with E-state index in [1.807, 2.05) is 0 Å². The molecule has 1 aromatic heterocycles. The molecule has 1 N–H and O–H groups in total. The van der Waals surface area contributed by atoms with Crippen LogP contribution >= 0.6 is 12.4 Å². The van der Waals surface area contributed by atoms with Crippen LogP contribution in [0.25, 0.3) is 0 Å². The Balaban J connectivity index is 0.00000192. The van der Waals surface area contributed by atoms with Crippen LogP contribution in [0.4, 0.5) is 5.82 Å². The maximum atomic E-state index is 4.64. The Bertz CT molecular complexity index is 482. The maximum absolute atomic E-state index is 4.64. The van der Waals surface area contributed by atoms with Crippen molar-refractivity contribution in [3.05, 3.63) is 23.9 Å². The van der Waals surface area contributed by atoms with E-state index >= 15 is 0 Å². The number of hydrogen-bond acceptors (Lipinski definition) is 4. The first-order valence-electron chi connectivity index (χ1n) is 8.69. The summed E-state index contributed by atoms with van der Waals surface area (Å²) in [5, 5.41) is 3.49. The Morgan fingerprint density at radius 1 is 1.26 bits per heavy atom. The number of pyridine rings is 1. The maximum Gasteiger partial charge on any atom is 0.128 e. The molecule has 0 radical (unpaired) electrons. The minimum atomic E-state index is 0. The zero-order valence-electron chi connectivity index (χ0n) is 14.7. The van der Waals surface area contributed by atoms with Gasteiger partial charge in [0.25, 0.3) is 0 Å². The zero-order valence-corrected chi connectivity index (χ0v) is 15.5. The number of piperidine rings is 1. The quantitative estimate of drug-likeness (QED) is 0.914. The Kier molecular flexibility index (Phi) is 6.29. The second-order valence-electron chi connectivity index (χ2n) is 7.44. The summed E-state index contributed by atoms with van der Waals surface area (Å²) in [6, 6.07) is 4.89. The average molecular weight is 339 g/mol. The highest BCUT2D eigenvalue weighted by atomic mass is 35.5. The molecule has 0 atom stereocenters. The molecule has 3 rings (SSSR count). The number of hydrogen-bond donors (Lipinski definition) is 1. The molecule has 0 saturated carbocycles. The lowest BCUT2D eigenvalue weighted by Crippen LogP contribution is -2.38. The molecule has 0 bridgehead atoms. The van der Waals surface area contributed by atoms with Crippen molar-refractivity contribution in [2.75, 3.05) is 38.1 Å². The minimum Gasteiger partial charge on any atom is -0.357 e. The fraction of sp³-hybridized carbons (Fsp3) is 0.722. The molecular formula is C18H31ClN4. The van der Waals surface area contributed by atoms with E-state index in [4.69, 9.17) is 0 Å². The zero-order chi connectivity index (χ0) is 15.6. The molecule has 0 unspecified atom stereocenters. The van der Waals surface area contributed by atoms with Gasteiger partial charge in [-0.2, -0.15) is 0 Å². The van der Waals surface area contributed by atoms with Crippen LogP contribution in [0.5, 0.6) is 0 Å². The van der Waals surface area contributed by atoms with E-state index in [1.54, 1.807) is 0 Å². The summed E-state index contributed by atoms with van der Waals surface area (Å²) in [6.07, 6.45) is 6.12. The first kappa shape index (κ1) is 18.5. The standard InChI is InChI=1S/C18H30N4.ClH/c1-15(2)21(3)17-5-4-16(12-20-17)13-22-11-8-18(14-22)6-9-19-10-7-18;/h4-5,12,15,19H,6-11,13-14H2,1-3H3;1H. The lowest BCUT2D eigenvalue weighted by Gasteiger charge is -2.34. The van der Waals surface area contributed by atoms with E-state index in [9.17, 15) is 0 Å². The van der Waals surface area contributed by atoms with Crippen LogP contribution in [-0.2, 0) is 6.54 Å². The summed E-state index contributed by atoms with van der Waals surface area (Å²) < 4.78 is 0. The van der Waals surface area contributed by atoms with Crippen LogP contribution < -0.4 is 10.2 Å². The topological polar surface area (TPSA) is 31.4 Å². The molecule has 2 saturated heterocycles. The molecule has 4 nitrogen and oxygen atoms in total. The van der Waals surface area contributed by atoms with Crippen molar-refractivity contribution < 1.29 is 0 Å². The predicted octanol–water partition coefficient (Wildman–Crippen LogP) is 2.92. The van der Waals surface area contributed by atoms with Crippen LogP contribution in [0.15, 0.2) is 18.3 Å². The van der Waals surface area contributed by atoms with E-state index in [2.05, 4.69) is 59.3 Å². The van der Waals surface area contributed by atoms with Crippen molar-refractivity contribution in [2.45, 2.75) is 45.7 Å². The van der Waals surface area contributed by atoms with Crippen molar-refractivity contribution in [2.24, 2.45) is 5.41 Å². The van der Waals surface area contributed by atoms with Gasteiger partial charge >= 0.3 is 0 Å². The van der Waals surface area contributed by atoms with Gasteiger partial charge in [0.2, 0.25) is 0 Å². The number of likely N-dealkylation sites (tertiary alicyclic amines) is 1. The summed E-state index contributed by atoms with van der Waals surface area (Å²) in [5.74, 6) is 1.06. The van der Waals surface area contributed by atoms with Crippen LogP contribution in [0.3, 0.4) is 0 Å². The summed E-state index contributed by atoms with van der Waals surface area (Å²) >= 11 is 0. The second kappa shape index (κ2) is 7.82. The highest BCUT2D eigenvalue weighted by Crippen LogP contribution is 2.38. The van der Waals surface area contributed by atoms with Gasteiger partial charge in [-0.1, -0.05) is 6.07 Å². The molecule has 0 aliphatic carbocycles. The number of rotatable bonds is 4. The van der Waals surface area contributed by atoms with Crippen LogP contribution in [-0.4, -0.2) is 49.2 Å². The highest BCUT2D eigenvalue weighted by molar-refractivity contribution is 5.85. The Hall–Kier alpha value is -0.840. The SMILES string of the molecule is CC(C)N(C)c1ccc(CN2CCC3(CCNCC3)C2)cn1.Cl. The largest absolute Gasteiger partial charge is 0.357 e. The Morgan fingerprint density at radius 2 is 2.00 bits per heavy atom. The Labute approximate surface area is 147 Å². The summed E-state index contributed by atoms with van der Waals surface area (Å²) in [7, 11) is 2.11. The molecule has 1 aromatic rings. The number of anilines is 1. The van der Waals surface area contributed by atoms with E-state index in [-0.39, 0.29) is 12.4 Å². The molecule has 2 aliphatic heterocycles. The summed E-state index contributed by atoms with van der Waals surface area (Å²) in [6.45, 7) is 10.3. The number of halogens is 1. The highest BCUT2D eigenvalue weighted by Gasteiger charge is 2.38. The third-order valence-electron chi connectivity index (χ3n) is 5.53. The van der Waals surface area contributed by atoms with Crippen molar-refractivity contribution in [1.29, 1.82) is 0 Å². The van der Waals surface area contributed by atoms with Gasteiger partial charge in [-0.25, -0.2) is 4.98 Å². The lowest BCUT2D eigenvalue weighted by molar-refractivity contribution is 0.194. The first-order chi connectivity index (χ1) is 10.6. The van der Waals surface area contributed by atoms with Gasteiger partial charge in [0.05, 0.1) is 0 Å². The van der Waals surface area contributed by atoms with Gasteiger partial charge in [-0.3, -0.25) is 4.90 Å². The predicted molar refractivity (Wildman–Crippen MR) is 99.5 cm³/mol. The molecule has 1 spiro atoms. The first-order valence-corrected chi connectivity index (χ1v) is 8.69. The smallest absolute Gasteiger partial charge is 0.128 e. The number of nitrogens with one attached hydrogen (secondary N) is 1. The fourth-order valence-corrected chi connectivity index (χ4v) is 3.77. The molecule has 0 amide bonds. The third kappa shape index (κ3) is 4.37. The van der Waals surface area contributed by atoms with Gasteiger partial charge in [0.15, 0.2) is 0 Å². The third-order valence-corrected chi connectivity index (χ3v) is 5.53. The van der Waals surface area contributed by atoms with Gasteiger partial charge in [0, 0.05) is 32.4 Å². The van der Waals surface area contributed by atoms with Crippen molar-refractivity contribution in [1.82, 2.24) is 15.2 Å². The number of nitrogens with zero attached hydrogens (tertiary/aromatic N) is 3. The van der Waals surface area contributed by atoms with Crippen LogP contribution in [0, 0.1) is 5.41 Å². The molecule has 23 heavy (non-hydrogen) atoms. The summed E-state index contributed by atoms with van der Waals surface area (Å²) in [5.41, 5.74) is 1.93. The second-order valence-corrected chi connectivity index (χ2v) is 7.44. The minimum absolute atomic E-state index is 0. The van der Waals surface area contributed by atoms with Crippen LogP contribution in [0.1, 0.15) is 38.7 Å². The van der Waals surface area contributed by atoms with E-state index in [0.29, 0.717) is 11.5 Å². The fourth-order valence-electron chi connectivity index (χ4n) is 3.77. The average Bonchev–Trinajstić information content (AvgIpc) is 2.90. The molecule has 2 fully saturated rings. The van der Waals surface area contributed by atoms with Gasteiger partial charge in [-0.15, -0.1) is 12.4 Å². The summed E-state index contributed by atoms with van der Waals surface area (Å²) in [4.78, 5) is 9.47. The van der Waals surface area contributed by atoms with Crippen molar-refractivity contribution >= 4 is 18.2 Å². The van der Waals surface area contributed by atoms with E-state index < -0.39 is 0 Å².